The van der Waals surface area contributed by atoms with E-state index in [1.807, 2.05) is 34.0 Å². The highest BCUT2D eigenvalue weighted by Gasteiger charge is 2.23. The van der Waals surface area contributed by atoms with Crippen molar-refractivity contribution in [3.05, 3.63) is 164 Å². The lowest BCUT2D eigenvalue weighted by Gasteiger charge is -2.15. The Labute approximate surface area is 310 Å². The zero-order valence-corrected chi connectivity index (χ0v) is 30.2. The van der Waals surface area contributed by atoms with E-state index in [0.29, 0.717) is 0 Å². The summed E-state index contributed by atoms with van der Waals surface area (Å²) in [6, 6.07) is 61.1. The molecule has 0 radical (unpaired) electrons. The minimum atomic E-state index is 1.18. The molecule has 0 saturated heterocycles. The summed E-state index contributed by atoms with van der Waals surface area (Å²) in [5.74, 6) is 0. The third kappa shape index (κ3) is 3.97. The monoisotopic (exact) mass is 713 g/mol. The summed E-state index contributed by atoms with van der Waals surface area (Å²) < 4.78 is 10.5. The molecule has 0 N–H and O–H groups in total. The zero-order valence-electron chi connectivity index (χ0n) is 27.8. The quantitative estimate of drug-likeness (QED) is 0.172. The molecule has 242 valence electrons. The van der Waals surface area contributed by atoms with Crippen molar-refractivity contribution in [2.45, 2.75) is 0 Å². The van der Waals surface area contributed by atoms with Gasteiger partial charge in [0, 0.05) is 99.2 Å². The van der Waals surface area contributed by atoms with Crippen LogP contribution in [0.5, 0.6) is 0 Å². The molecule has 0 aliphatic heterocycles. The van der Waals surface area contributed by atoms with Gasteiger partial charge in [-0.25, -0.2) is 0 Å². The Morgan fingerprint density at radius 3 is 1.23 bits per heavy atom. The molecule has 1 nitrogen and oxygen atoms in total. The van der Waals surface area contributed by atoms with Crippen LogP contribution in [0, 0.1) is 0 Å². The van der Waals surface area contributed by atoms with Crippen LogP contribution in [0.4, 0.5) is 0 Å². The van der Waals surface area contributed by atoms with Crippen molar-refractivity contribution in [2.24, 2.45) is 0 Å². The van der Waals surface area contributed by atoms with Gasteiger partial charge in [0.1, 0.15) is 0 Å². The maximum Gasteiger partial charge on any atom is 0.0620 e. The van der Waals surface area contributed by atoms with Gasteiger partial charge in [-0.05, 0) is 36.4 Å². The molecule has 0 atom stereocenters. The molecule has 12 rings (SSSR count). The van der Waals surface area contributed by atoms with E-state index in [2.05, 4.69) is 168 Å². The summed E-state index contributed by atoms with van der Waals surface area (Å²) in [6.45, 7) is 0. The van der Waals surface area contributed by atoms with E-state index in [-0.39, 0.29) is 0 Å². The van der Waals surface area contributed by atoms with Gasteiger partial charge in [0.25, 0.3) is 0 Å². The van der Waals surface area contributed by atoms with Gasteiger partial charge < -0.3 is 4.57 Å². The first-order valence-electron chi connectivity index (χ1n) is 17.6. The molecule has 0 bridgehead atoms. The Bertz CT molecular complexity index is 3250. The number of thiophene rings is 3. The molecule has 0 aliphatic carbocycles. The standard InChI is InChI=1S/C48H27NS3/c1-5-23-42-29(11-1)36-18-9-20-38(47(36)51-42)34-16-7-14-32-33-15-8-17-35(39-21-10-19-37-30-12-2-6-24-43(30)52-48(37)39)46(33)49(45(32)34)28-25-26-44-40(27-28)31-13-3-4-22-41(31)50-44/h1-27H. The van der Waals surface area contributed by atoms with Gasteiger partial charge in [0.05, 0.1) is 11.0 Å². The summed E-state index contributed by atoms with van der Waals surface area (Å²) in [6.07, 6.45) is 0. The third-order valence-corrected chi connectivity index (χ3v) is 14.4. The molecule has 4 heteroatoms. The molecule has 0 unspecified atom stereocenters. The van der Waals surface area contributed by atoms with Crippen molar-refractivity contribution in [1.82, 2.24) is 4.57 Å². The first-order chi connectivity index (χ1) is 25.8. The highest BCUT2D eigenvalue weighted by atomic mass is 32.1. The van der Waals surface area contributed by atoms with E-state index in [0.717, 1.165) is 0 Å². The number of rotatable bonds is 3. The van der Waals surface area contributed by atoms with Crippen LogP contribution in [0.2, 0.25) is 0 Å². The highest BCUT2D eigenvalue weighted by molar-refractivity contribution is 7.27. The highest BCUT2D eigenvalue weighted by Crippen LogP contribution is 2.48. The van der Waals surface area contributed by atoms with Gasteiger partial charge >= 0.3 is 0 Å². The Hall–Kier alpha value is -5.78. The molecule has 0 fully saturated rings. The Morgan fingerprint density at radius 2 is 0.692 bits per heavy atom. The topological polar surface area (TPSA) is 4.93 Å². The Morgan fingerprint density at radius 1 is 0.288 bits per heavy atom. The molecule has 0 saturated carbocycles. The summed E-state index contributed by atoms with van der Waals surface area (Å²) in [5.41, 5.74) is 8.75. The zero-order chi connectivity index (χ0) is 33.9. The lowest BCUT2D eigenvalue weighted by molar-refractivity contribution is 1.19. The first kappa shape index (κ1) is 28.9. The Kier molecular flexibility index (Phi) is 6.03. The molecule has 0 spiro atoms. The van der Waals surface area contributed by atoms with Crippen molar-refractivity contribution in [1.29, 1.82) is 0 Å². The molecular formula is C48H27NS3. The van der Waals surface area contributed by atoms with Crippen LogP contribution in [0.25, 0.3) is 110 Å². The number of hydrogen-bond donors (Lipinski definition) is 0. The maximum absolute atomic E-state index is 2.58. The second kappa shape index (κ2) is 10.9. The van der Waals surface area contributed by atoms with E-state index in [9.17, 15) is 0 Å². The van der Waals surface area contributed by atoms with E-state index in [1.165, 1.54) is 110 Å². The molecule has 12 aromatic rings. The molecular weight excluding hydrogens is 687 g/mol. The third-order valence-electron chi connectivity index (χ3n) is 10.8. The average molecular weight is 714 g/mol. The number of aromatic nitrogens is 1. The van der Waals surface area contributed by atoms with Crippen molar-refractivity contribution >= 4 is 116 Å². The second-order valence-corrected chi connectivity index (χ2v) is 16.8. The lowest BCUT2D eigenvalue weighted by Crippen LogP contribution is -1.97. The molecule has 4 aromatic heterocycles. The van der Waals surface area contributed by atoms with Crippen LogP contribution in [0.1, 0.15) is 0 Å². The number of benzene rings is 8. The normalized spacial score (nSPS) is 12.2. The summed E-state index contributed by atoms with van der Waals surface area (Å²) in [7, 11) is 0. The van der Waals surface area contributed by atoms with Gasteiger partial charge in [-0.2, -0.15) is 0 Å². The van der Waals surface area contributed by atoms with E-state index < -0.39 is 0 Å². The van der Waals surface area contributed by atoms with E-state index in [1.54, 1.807) is 0 Å². The number of fused-ring (bicyclic) bond motifs is 12. The average Bonchev–Trinajstić information content (AvgIpc) is 3.96. The fourth-order valence-corrected chi connectivity index (χ4v) is 12.1. The largest absolute Gasteiger partial charge is 0.308 e. The van der Waals surface area contributed by atoms with E-state index in [4.69, 9.17) is 0 Å². The molecule has 0 amide bonds. The van der Waals surface area contributed by atoms with Crippen molar-refractivity contribution < 1.29 is 0 Å². The van der Waals surface area contributed by atoms with E-state index >= 15 is 0 Å². The molecule has 8 aromatic carbocycles. The van der Waals surface area contributed by atoms with Crippen molar-refractivity contribution in [2.75, 3.05) is 0 Å². The van der Waals surface area contributed by atoms with Crippen LogP contribution >= 0.6 is 34.0 Å². The Balaban J connectivity index is 1.25. The smallest absolute Gasteiger partial charge is 0.0620 e. The van der Waals surface area contributed by atoms with Gasteiger partial charge in [-0.1, -0.05) is 127 Å². The minimum Gasteiger partial charge on any atom is -0.308 e. The fourth-order valence-electron chi connectivity index (χ4n) is 8.58. The summed E-state index contributed by atoms with van der Waals surface area (Å²) in [4.78, 5) is 0. The van der Waals surface area contributed by atoms with Gasteiger partial charge in [-0.3, -0.25) is 0 Å². The van der Waals surface area contributed by atoms with Crippen LogP contribution in [0.15, 0.2) is 164 Å². The van der Waals surface area contributed by atoms with Gasteiger partial charge in [0.15, 0.2) is 0 Å². The van der Waals surface area contributed by atoms with Crippen molar-refractivity contribution in [3.8, 4) is 27.9 Å². The van der Waals surface area contributed by atoms with Crippen LogP contribution in [-0.2, 0) is 0 Å². The van der Waals surface area contributed by atoms with Crippen LogP contribution < -0.4 is 0 Å². The first-order valence-corrected chi connectivity index (χ1v) is 20.0. The van der Waals surface area contributed by atoms with Crippen molar-refractivity contribution in [3.63, 3.8) is 0 Å². The number of hydrogen-bond acceptors (Lipinski definition) is 3. The number of para-hydroxylation sites is 2. The summed E-state index contributed by atoms with van der Waals surface area (Å²) >= 11 is 5.68. The lowest BCUT2D eigenvalue weighted by atomic mass is 9.98. The predicted octanol–water partition coefficient (Wildman–Crippen LogP) is 15.2. The SMILES string of the molecule is c1ccc2c(c1)sc1ccc(-n3c4c(-c5cccc6c5sc5ccccc56)cccc4c4cccc(-c5cccc6c5sc5ccccc56)c43)cc12. The predicted molar refractivity (Wildman–Crippen MR) is 230 cm³/mol. The summed E-state index contributed by atoms with van der Waals surface area (Å²) in [5, 5.41) is 10.5. The minimum absolute atomic E-state index is 1.18. The number of nitrogens with zero attached hydrogens (tertiary/aromatic N) is 1. The molecule has 4 heterocycles. The van der Waals surface area contributed by atoms with Gasteiger partial charge in [0.2, 0.25) is 0 Å². The molecule has 0 aliphatic rings. The van der Waals surface area contributed by atoms with Crippen LogP contribution in [-0.4, -0.2) is 4.57 Å². The van der Waals surface area contributed by atoms with Crippen LogP contribution in [0.3, 0.4) is 0 Å². The second-order valence-electron chi connectivity index (χ2n) is 13.6. The molecule has 52 heavy (non-hydrogen) atoms. The van der Waals surface area contributed by atoms with Gasteiger partial charge in [-0.15, -0.1) is 34.0 Å². The maximum atomic E-state index is 2.58. The fraction of sp³-hybridized carbons (Fsp3) is 0.